The SMILES string of the molecule is CC1(C)CCC[N+](C)(C(=O)Cc2ccc(C(F)(F)F)cc2)C1N1CCC(F)C1. The molecule has 2 fully saturated rings. The lowest BCUT2D eigenvalue weighted by atomic mass is 9.78. The zero-order chi connectivity index (χ0) is 20.7. The molecule has 7 heteroatoms. The smallest absolute Gasteiger partial charge is 0.250 e. The Balaban J connectivity index is 1.83. The molecular formula is C21H29F4N2O+. The van der Waals surface area contributed by atoms with Gasteiger partial charge in [-0.25, -0.2) is 13.7 Å². The molecule has 28 heavy (non-hydrogen) atoms. The van der Waals surface area contributed by atoms with E-state index < -0.39 is 17.9 Å². The Hall–Kier alpha value is -1.47. The molecule has 0 bridgehead atoms. The normalized spacial score (nSPS) is 31.1. The number of nitrogens with zero attached hydrogens (tertiary/aromatic N) is 2. The molecule has 0 N–H and O–H groups in total. The molecule has 2 heterocycles. The maximum atomic E-state index is 13.9. The number of carbonyl (C=O) groups is 1. The maximum Gasteiger partial charge on any atom is 0.416 e. The number of amides is 1. The molecule has 2 aliphatic rings. The van der Waals surface area contributed by atoms with E-state index >= 15 is 0 Å². The summed E-state index contributed by atoms with van der Waals surface area (Å²) in [6, 6.07) is 4.80. The van der Waals surface area contributed by atoms with Crippen LogP contribution in [0.1, 0.15) is 44.2 Å². The van der Waals surface area contributed by atoms with Crippen molar-refractivity contribution in [2.45, 2.75) is 58.0 Å². The third-order valence-corrected chi connectivity index (χ3v) is 6.40. The van der Waals surface area contributed by atoms with Crippen molar-refractivity contribution in [2.75, 3.05) is 26.7 Å². The van der Waals surface area contributed by atoms with Gasteiger partial charge in [0.2, 0.25) is 0 Å². The molecule has 0 radical (unpaired) electrons. The van der Waals surface area contributed by atoms with E-state index in [2.05, 4.69) is 18.7 Å². The number of alkyl halides is 4. The monoisotopic (exact) mass is 401 g/mol. The van der Waals surface area contributed by atoms with Gasteiger partial charge in [-0.2, -0.15) is 13.2 Å². The molecule has 0 aliphatic carbocycles. The van der Waals surface area contributed by atoms with Gasteiger partial charge in [0.15, 0.2) is 6.17 Å². The molecule has 3 nitrogen and oxygen atoms in total. The summed E-state index contributed by atoms with van der Waals surface area (Å²) in [5.74, 6) is -0.0279. The minimum Gasteiger partial charge on any atom is -0.250 e. The molecule has 3 rings (SSSR count). The molecule has 2 aliphatic heterocycles. The first-order valence-electron chi connectivity index (χ1n) is 9.86. The zero-order valence-corrected chi connectivity index (χ0v) is 16.7. The number of rotatable bonds is 3. The van der Waals surface area contributed by atoms with Crippen LogP contribution in [0.2, 0.25) is 0 Å². The molecule has 3 atom stereocenters. The third-order valence-electron chi connectivity index (χ3n) is 6.40. The van der Waals surface area contributed by atoms with Gasteiger partial charge in [0.1, 0.15) is 6.17 Å². The second-order valence-corrected chi connectivity index (χ2v) is 9.10. The Morgan fingerprint density at radius 1 is 1.25 bits per heavy atom. The highest BCUT2D eigenvalue weighted by molar-refractivity contribution is 5.72. The van der Waals surface area contributed by atoms with Crippen LogP contribution in [0, 0.1) is 5.41 Å². The highest BCUT2D eigenvalue weighted by Gasteiger charge is 2.54. The third kappa shape index (κ3) is 4.10. The van der Waals surface area contributed by atoms with E-state index in [9.17, 15) is 22.4 Å². The molecule has 3 unspecified atom stereocenters. The lowest BCUT2D eigenvalue weighted by Gasteiger charge is -2.53. The first-order valence-corrected chi connectivity index (χ1v) is 9.86. The lowest BCUT2D eigenvalue weighted by molar-refractivity contribution is -0.888. The highest BCUT2D eigenvalue weighted by atomic mass is 19.4. The predicted octanol–water partition coefficient (Wildman–Crippen LogP) is 4.41. The largest absolute Gasteiger partial charge is 0.416 e. The van der Waals surface area contributed by atoms with Crippen LogP contribution in [-0.2, 0) is 17.4 Å². The summed E-state index contributed by atoms with van der Waals surface area (Å²) in [6.45, 7) is 5.90. The van der Waals surface area contributed by atoms with Crippen molar-refractivity contribution in [3.8, 4) is 0 Å². The van der Waals surface area contributed by atoms with E-state index in [4.69, 9.17) is 0 Å². The Morgan fingerprint density at radius 3 is 2.43 bits per heavy atom. The van der Waals surface area contributed by atoms with Crippen LogP contribution in [0.5, 0.6) is 0 Å². The van der Waals surface area contributed by atoms with E-state index in [1.807, 2.05) is 7.05 Å². The van der Waals surface area contributed by atoms with E-state index in [1.165, 1.54) is 12.1 Å². The average molecular weight is 401 g/mol. The van der Waals surface area contributed by atoms with Gasteiger partial charge in [-0.3, -0.25) is 4.90 Å². The Labute approximate surface area is 163 Å². The second kappa shape index (κ2) is 7.41. The summed E-state index contributed by atoms with van der Waals surface area (Å²) >= 11 is 0. The average Bonchev–Trinajstić information content (AvgIpc) is 2.99. The number of hydrogen-bond acceptors (Lipinski definition) is 2. The van der Waals surface area contributed by atoms with Gasteiger partial charge in [-0.05, 0) is 37.0 Å². The second-order valence-electron chi connectivity index (χ2n) is 9.10. The van der Waals surface area contributed by atoms with Gasteiger partial charge in [0.05, 0.1) is 25.6 Å². The number of hydrogen-bond donors (Lipinski definition) is 0. The number of quaternary nitrogens is 1. The van der Waals surface area contributed by atoms with Crippen LogP contribution >= 0.6 is 0 Å². The Morgan fingerprint density at radius 2 is 1.89 bits per heavy atom. The summed E-state index contributed by atoms with van der Waals surface area (Å²) in [5.41, 5.74) is -0.288. The number of piperidine rings is 1. The van der Waals surface area contributed by atoms with Crippen molar-refractivity contribution in [1.29, 1.82) is 0 Å². The summed E-state index contributed by atoms with van der Waals surface area (Å²) in [6.07, 6.45) is -2.95. The van der Waals surface area contributed by atoms with Crippen molar-refractivity contribution in [2.24, 2.45) is 5.41 Å². The van der Waals surface area contributed by atoms with Gasteiger partial charge in [0.25, 0.3) is 0 Å². The fraction of sp³-hybridized carbons (Fsp3) is 0.667. The lowest BCUT2D eigenvalue weighted by Crippen LogP contribution is -2.70. The van der Waals surface area contributed by atoms with Crippen molar-refractivity contribution >= 4 is 5.91 Å². The molecule has 0 saturated carbocycles. The zero-order valence-electron chi connectivity index (χ0n) is 16.7. The Bertz CT molecular complexity index is 716. The molecule has 156 valence electrons. The minimum absolute atomic E-state index is 0.0279. The number of likely N-dealkylation sites (N-methyl/N-ethyl adjacent to an activating group) is 1. The molecule has 2 saturated heterocycles. The standard InChI is InChI=1S/C21H29F4N2O/c1-20(2)10-4-12-27(3,19(20)26-11-9-17(22)14-26)18(28)13-15-5-7-16(8-6-15)21(23,24)25/h5-8,17,19H,4,9-14H2,1-3H3/q+1. The predicted molar refractivity (Wildman–Crippen MR) is 99.1 cm³/mol. The van der Waals surface area contributed by atoms with Gasteiger partial charge in [-0.1, -0.05) is 26.0 Å². The summed E-state index contributed by atoms with van der Waals surface area (Å²) in [5, 5.41) is 0. The van der Waals surface area contributed by atoms with Gasteiger partial charge < -0.3 is 0 Å². The van der Waals surface area contributed by atoms with Crippen molar-refractivity contribution < 1.29 is 26.8 Å². The summed E-state index contributed by atoms with van der Waals surface area (Å²) in [4.78, 5) is 15.4. The van der Waals surface area contributed by atoms with E-state index in [1.54, 1.807) is 0 Å². The summed E-state index contributed by atoms with van der Waals surface area (Å²) < 4.78 is 52.4. The van der Waals surface area contributed by atoms with Crippen LogP contribution < -0.4 is 0 Å². The maximum absolute atomic E-state index is 13.9. The fourth-order valence-electron chi connectivity index (χ4n) is 5.13. The summed E-state index contributed by atoms with van der Waals surface area (Å²) in [7, 11) is 1.91. The van der Waals surface area contributed by atoms with Gasteiger partial charge >= 0.3 is 12.1 Å². The number of benzene rings is 1. The van der Waals surface area contributed by atoms with E-state index in [0.29, 0.717) is 31.6 Å². The van der Waals surface area contributed by atoms with Crippen LogP contribution in [0.4, 0.5) is 17.6 Å². The van der Waals surface area contributed by atoms with Crippen LogP contribution in [0.15, 0.2) is 24.3 Å². The Kier molecular flexibility index (Phi) is 5.62. The van der Waals surface area contributed by atoms with Crippen molar-refractivity contribution in [3.63, 3.8) is 0 Å². The van der Waals surface area contributed by atoms with Gasteiger partial charge in [-0.15, -0.1) is 0 Å². The van der Waals surface area contributed by atoms with Crippen molar-refractivity contribution in [1.82, 2.24) is 4.90 Å². The number of halogens is 4. The molecule has 0 spiro atoms. The fourth-order valence-corrected chi connectivity index (χ4v) is 5.13. The molecule has 1 amide bonds. The van der Waals surface area contributed by atoms with E-state index in [-0.39, 0.29) is 28.4 Å². The highest BCUT2D eigenvalue weighted by Crippen LogP contribution is 2.42. The molecular weight excluding hydrogens is 372 g/mol. The van der Waals surface area contributed by atoms with Crippen LogP contribution in [0.25, 0.3) is 0 Å². The molecule has 1 aromatic carbocycles. The van der Waals surface area contributed by atoms with Crippen molar-refractivity contribution in [3.05, 3.63) is 35.4 Å². The number of carbonyl (C=O) groups excluding carboxylic acids is 1. The molecule has 0 aromatic heterocycles. The van der Waals surface area contributed by atoms with Crippen LogP contribution in [-0.4, -0.2) is 54.3 Å². The van der Waals surface area contributed by atoms with E-state index in [0.717, 1.165) is 25.0 Å². The first kappa shape index (κ1) is 21.2. The minimum atomic E-state index is -4.39. The van der Waals surface area contributed by atoms with Gasteiger partial charge in [0, 0.05) is 18.5 Å². The topological polar surface area (TPSA) is 20.3 Å². The molecule has 1 aromatic rings. The first-order chi connectivity index (χ1) is 12.9. The quantitative estimate of drug-likeness (QED) is 0.552. The van der Waals surface area contributed by atoms with Crippen LogP contribution in [0.3, 0.4) is 0 Å². The number of likely N-dealkylation sites (tertiary alicyclic amines) is 2.